The van der Waals surface area contributed by atoms with E-state index in [1.807, 2.05) is 43.5 Å². The molecule has 1 N–H and O–H groups in total. The summed E-state index contributed by atoms with van der Waals surface area (Å²) >= 11 is 0. The fraction of sp³-hybridized carbons (Fsp3) is 0.235. The minimum Gasteiger partial charge on any atom is -0.420 e. The van der Waals surface area contributed by atoms with Gasteiger partial charge >= 0.3 is 0 Å². The van der Waals surface area contributed by atoms with E-state index in [-0.39, 0.29) is 12.5 Å². The van der Waals surface area contributed by atoms with Gasteiger partial charge in [-0.2, -0.15) is 0 Å². The molecule has 0 bridgehead atoms. The first-order chi connectivity index (χ1) is 11.1. The Morgan fingerprint density at radius 3 is 2.83 bits per heavy atom. The SMILES string of the molecule is Cc1cccc(CNC(=O)Cn2cccc2-c2nnc(C)o2)c1. The number of hydrogen-bond acceptors (Lipinski definition) is 4. The summed E-state index contributed by atoms with van der Waals surface area (Å²) in [5.41, 5.74) is 2.99. The number of benzene rings is 1. The van der Waals surface area contributed by atoms with Crippen molar-refractivity contribution in [2.45, 2.75) is 26.9 Å². The van der Waals surface area contributed by atoms with E-state index in [9.17, 15) is 4.79 Å². The van der Waals surface area contributed by atoms with E-state index in [1.165, 1.54) is 5.56 Å². The molecule has 118 valence electrons. The molecule has 0 spiro atoms. The summed E-state index contributed by atoms with van der Waals surface area (Å²) in [5.74, 6) is 0.843. The van der Waals surface area contributed by atoms with Crippen LogP contribution in [-0.2, 0) is 17.9 Å². The zero-order valence-electron chi connectivity index (χ0n) is 13.1. The van der Waals surface area contributed by atoms with Crippen molar-refractivity contribution in [1.29, 1.82) is 0 Å². The summed E-state index contributed by atoms with van der Waals surface area (Å²) in [7, 11) is 0. The molecule has 0 aliphatic rings. The molecule has 0 fully saturated rings. The third-order valence-corrected chi connectivity index (χ3v) is 3.46. The van der Waals surface area contributed by atoms with Crippen molar-refractivity contribution < 1.29 is 9.21 Å². The Hall–Kier alpha value is -2.89. The molecule has 3 rings (SSSR count). The number of carbonyl (C=O) groups is 1. The second-order valence-electron chi connectivity index (χ2n) is 5.41. The van der Waals surface area contributed by atoms with Crippen LogP contribution in [0.5, 0.6) is 0 Å². The Kier molecular flexibility index (Phi) is 4.23. The molecular formula is C17H18N4O2. The zero-order valence-corrected chi connectivity index (χ0v) is 13.1. The summed E-state index contributed by atoms with van der Waals surface area (Å²) in [6.45, 7) is 4.48. The highest BCUT2D eigenvalue weighted by atomic mass is 16.4. The molecule has 1 amide bonds. The van der Waals surface area contributed by atoms with E-state index in [4.69, 9.17) is 4.42 Å². The lowest BCUT2D eigenvalue weighted by molar-refractivity contribution is -0.121. The second-order valence-corrected chi connectivity index (χ2v) is 5.41. The van der Waals surface area contributed by atoms with Gasteiger partial charge in [-0.05, 0) is 24.6 Å². The van der Waals surface area contributed by atoms with Crippen molar-refractivity contribution >= 4 is 5.91 Å². The molecule has 2 aromatic heterocycles. The van der Waals surface area contributed by atoms with Crippen LogP contribution in [0.15, 0.2) is 47.0 Å². The molecule has 0 saturated carbocycles. The van der Waals surface area contributed by atoms with Gasteiger partial charge in [-0.3, -0.25) is 4.79 Å². The van der Waals surface area contributed by atoms with Gasteiger partial charge in [-0.1, -0.05) is 29.8 Å². The van der Waals surface area contributed by atoms with Crippen LogP contribution < -0.4 is 5.32 Å². The van der Waals surface area contributed by atoms with Gasteiger partial charge in [-0.15, -0.1) is 10.2 Å². The van der Waals surface area contributed by atoms with E-state index in [0.717, 1.165) is 11.3 Å². The van der Waals surface area contributed by atoms with Gasteiger partial charge in [0.15, 0.2) is 0 Å². The van der Waals surface area contributed by atoms with Crippen molar-refractivity contribution in [1.82, 2.24) is 20.1 Å². The van der Waals surface area contributed by atoms with Crippen molar-refractivity contribution in [3.05, 3.63) is 59.6 Å². The predicted octanol–water partition coefficient (Wildman–Crippen LogP) is 2.47. The molecule has 0 aliphatic carbocycles. The van der Waals surface area contributed by atoms with Crippen LogP contribution in [0.1, 0.15) is 17.0 Å². The molecule has 6 nitrogen and oxygen atoms in total. The maximum absolute atomic E-state index is 12.2. The van der Waals surface area contributed by atoms with Gasteiger partial charge in [0.1, 0.15) is 12.2 Å². The minimum absolute atomic E-state index is 0.0693. The lowest BCUT2D eigenvalue weighted by atomic mass is 10.1. The first-order valence-electron chi connectivity index (χ1n) is 7.39. The van der Waals surface area contributed by atoms with E-state index in [2.05, 4.69) is 21.6 Å². The molecule has 23 heavy (non-hydrogen) atoms. The summed E-state index contributed by atoms with van der Waals surface area (Å²) in [6, 6.07) is 11.8. The van der Waals surface area contributed by atoms with Gasteiger partial charge in [0.05, 0.1) is 0 Å². The maximum atomic E-state index is 12.2. The first-order valence-corrected chi connectivity index (χ1v) is 7.39. The monoisotopic (exact) mass is 310 g/mol. The first kappa shape index (κ1) is 15.0. The molecule has 0 unspecified atom stereocenters. The van der Waals surface area contributed by atoms with Crippen molar-refractivity contribution in [3.63, 3.8) is 0 Å². The Labute approximate surface area is 134 Å². The van der Waals surface area contributed by atoms with Crippen LogP contribution in [0.3, 0.4) is 0 Å². The Bertz CT molecular complexity index is 819. The fourth-order valence-electron chi connectivity index (χ4n) is 2.38. The standard InChI is InChI=1S/C17H18N4O2/c1-12-5-3-6-14(9-12)10-18-16(22)11-21-8-4-7-15(21)17-20-19-13(2)23-17/h3-9H,10-11H2,1-2H3,(H,18,22). The van der Waals surface area contributed by atoms with Crippen LogP contribution in [0, 0.1) is 13.8 Å². The smallest absolute Gasteiger partial charge is 0.264 e. The molecule has 2 heterocycles. The molecule has 3 aromatic rings. The van der Waals surface area contributed by atoms with Crippen LogP contribution in [0.4, 0.5) is 0 Å². The zero-order chi connectivity index (χ0) is 16.2. The second kappa shape index (κ2) is 6.48. The third-order valence-electron chi connectivity index (χ3n) is 3.46. The van der Waals surface area contributed by atoms with E-state index in [0.29, 0.717) is 18.3 Å². The van der Waals surface area contributed by atoms with Crippen LogP contribution in [-0.4, -0.2) is 20.7 Å². The lowest BCUT2D eigenvalue weighted by Crippen LogP contribution is -2.27. The van der Waals surface area contributed by atoms with E-state index < -0.39 is 0 Å². The average Bonchev–Trinajstić information content (AvgIpc) is 3.14. The summed E-state index contributed by atoms with van der Waals surface area (Å²) in [4.78, 5) is 12.2. The number of amides is 1. The highest BCUT2D eigenvalue weighted by molar-refractivity contribution is 5.76. The summed E-state index contributed by atoms with van der Waals surface area (Å²) in [6.07, 6.45) is 1.82. The Morgan fingerprint density at radius 1 is 1.22 bits per heavy atom. The predicted molar refractivity (Wildman–Crippen MR) is 85.5 cm³/mol. The number of aryl methyl sites for hydroxylation is 2. The molecule has 0 atom stereocenters. The largest absolute Gasteiger partial charge is 0.420 e. The van der Waals surface area contributed by atoms with Crippen LogP contribution in [0.25, 0.3) is 11.6 Å². The quantitative estimate of drug-likeness (QED) is 0.785. The van der Waals surface area contributed by atoms with Gasteiger partial charge in [0.2, 0.25) is 11.8 Å². The molecule has 6 heteroatoms. The van der Waals surface area contributed by atoms with E-state index in [1.54, 1.807) is 11.5 Å². The van der Waals surface area contributed by atoms with Crippen molar-refractivity contribution in [2.75, 3.05) is 0 Å². The molecule has 0 aliphatic heterocycles. The number of carbonyl (C=O) groups excluding carboxylic acids is 1. The van der Waals surface area contributed by atoms with Crippen molar-refractivity contribution in [3.8, 4) is 11.6 Å². The third kappa shape index (κ3) is 3.66. The molecule has 1 aromatic carbocycles. The molecule has 0 radical (unpaired) electrons. The average molecular weight is 310 g/mol. The van der Waals surface area contributed by atoms with Gasteiger partial charge in [-0.25, -0.2) is 0 Å². The maximum Gasteiger partial charge on any atom is 0.264 e. The lowest BCUT2D eigenvalue weighted by Gasteiger charge is -2.08. The van der Waals surface area contributed by atoms with Gasteiger partial charge in [0.25, 0.3) is 5.89 Å². The van der Waals surface area contributed by atoms with Crippen LogP contribution >= 0.6 is 0 Å². The number of nitrogens with zero attached hydrogens (tertiary/aromatic N) is 3. The number of nitrogens with one attached hydrogen (secondary N) is 1. The van der Waals surface area contributed by atoms with Gasteiger partial charge in [0, 0.05) is 19.7 Å². The fourth-order valence-corrected chi connectivity index (χ4v) is 2.38. The van der Waals surface area contributed by atoms with E-state index >= 15 is 0 Å². The van der Waals surface area contributed by atoms with Crippen LogP contribution in [0.2, 0.25) is 0 Å². The molecule has 0 saturated heterocycles. The summed E-state index contributed by atoms with van der Waals surface area (Å²) < 4.78 is 7.21. The summed E-state index contributed by atoms with van der Waals surface area (Å²) in [5, 5.41) is 10.7. The Morgan fingerprint density at radius 2 is 2.09 bits per heavy atom. The minimum atomic E-state index is -0.0693. The highest BCUT2D eigenvalue weighted by Gasteiger charge is 2.12. The number of rotatable bonds is 5. The van der Waals surface area contributed by atoms with Gasteiger partial charge < -0.3 is 14.3 Å². The Balaban J connectivity index is 1.64. The van der Waals surface area contributed by atoms with Crippen molar-refractivity contribution in [2.24, 2.45) is 0 Å². The normalized spacial score (nSPS) is 10.7. The molecular weight excluding hydrogens is 292 g/mol. The topological polar surface area (TPSA) is 73.0 Å². The number of hydrogen-bond donors (Lipinski definition) is 1. The highest BCUT2D eigenvalue weighted by Crippen LogP contribution is 2.18. The number of aromatic nitrogens is 3.